The number of nitriles is 1. The molecule has 0 aliphatic carbocycles. The van der Waals surface area contributed by atoms with Crippen LogP contribution in [0.25, 0.3) is 16.7 Å². The molecule has 2 heterocycles. The van der Waals surface area contributed by atoms with Gasteiger partial charge in [-0.3, -0.25) is 4.79 Å². The van der Waals surface area contributed by atoms with E-state index in [1.165, 1.54) is 12.3 Å². The zero-order valence-corrected chi connectivity index (χ0v) is 13.5. The Morgan fingerprint density at radius 2 is 1.85 bits per heavy atom. The molecule has 0 aliphatic heterocycles. The summed E-state index contributed by atoms with van der Waals surface area (Å²) in [6.45, 7) is 0. The van der Waals surface area contributed by atoms with Crippen LogP contribution in [0.5, 0.6) is 5.75 Å². The van der Waals surface area contributed by atoms with Gasteiger partial charge >= 0.3 is 0 Å². The van der Waals surface area contributed by atoms with E-state index in [1.54, 1.807) is 59.4 Å². The Balaban J connectivity index is 1.75. The van der Waals surface area contributed by atoms with Crippen LogP contribution in [-0.2, 0) is 0 Å². The molecule has 1 N–H and O–H groups in total. The fraction of sp³-hybridized carbons (Fsp3) is 0. The molecule has 0 saturated heterocycles. The van der Waals surface area contributed by atoms with Gasteiger partial charge in [0.2, 0.25) is 0 Å². The molecule has 0 spiro atoms. The quantitative estimate of drug-likeness (QED) is 0.578. The van der Waals surface area contributed by atoms with E-state index in [1.807, 2.05) is 0 Å². The summed E-state index contributed by atoms with van der Waals surface area (Å²) in [5.41, 5.74) is 2.54. The molecule has 2 aromatic carbocycles. The van der Waals surface area contributed by atoms with Gasteiger partial charge in [0, 0.05) is 17.1 Å². The highest BCUT2D eigenvalue weighted by molar-refractivity contribution is 6.11. The molecule has 0 aliphatic rings. The van der Waals surface area contributed by atoms with Crippen molar-refractivity contribution in [3.05, 3.63) is 83.7 Å². The summed E-state index contributed by atoms with van der Waals surface area (Å²) >= 11 is 0. The molecule has 0 fully saturated rings. The number of rotatable bonds is 3. The smallest absolute Gasteiger partial charge is 0.198 e. The maximum absolute atomic E-state index is 12.6. The molecule has 0 radical (unpaired) electrons. The van der Waals surface area contributed by atoms with Crippen molar-refractivity contribution in [3.8, 4) is 17.5 Å². The summed E-state index contributed by atoms with van der Waals surface area (Å²) in [6, 6.07) is 17.2. The molecule has 26 heavy (non-hydrogen) atoms. The van der Waals surface area contributed by atoms with Crippen molar-refractivity contribution in [1.82, 2.24) is 14.8 Å². The third-order valence-corrected chi connectivity index (χ3v) is 4.06. The number of aromatic nitrogens is 3. The number of phenols is 1. The van der Waals surface area contributed by atoms with E-state index in [4.69, 9.17) is 5.26 Å². The van der Waals surface area contributed by atoms with Crippen molar-refractivity contribution in [2.75, 3.05) is 0 Å². The van der Waals surface area contributed by atoms with Gasteiger partial charge in [-0.25, -0.2) is 9.67 Å². The van der Waals surface area contributed by atoms with E-state index < -0.39 is 0 Å². The van der Waals surface area contributed by atoms with Crippen LogP contribution in [0.4, 0.5) is 0 Å². The second kappa shape index (κ2) is 6.15. The fourth-order valence-electron chi connectivity index (χ4n) is 2.73. The number of ketones is 1. The number of pyridine rings is 1. The van der Waals surface area contributed by atoms with Gasteiger partial charge in [0.15, 0.2) is 11.4 Å². The minimum absolute atomic E-state index is 0.0640. The summed E-state index contributed by atoms with van der Waals surface area (Å²) in [5.74, 6) is -0.366. The number of benzene rings is 2. The van der Waals surface area contributed by atoms with Gasteiger partial charge in [0.25, 0.3) is 0 Å². The zero-order valence-electron chi connectivity index (χ0n) is 13.5. The van der Waals surface area contributed by atoms with Crippen molar-refractivity contribution in [2.45, 2.75) is 0 Å². The fourth-order valence-corrected chi connectivity index (χ4v) is 2.73. The van der Waals surface area contributed by atoms with Crippen LogP contribution in [0.3, 0.4) is 0 Å². The number of carbonyl (C=O) groups excluding carboxylic acids is 1. The monoisotopic (exact) mass is 340 g/mol. The van der Waals surface area contributed by atoms with Crippen LogP contribution in [-0.4, -0.2) is 25.7 Å². The number of nitrogens with zero attached hydrogens (tertiary/aromatic N) is 4. The molecule has 124 valence electrons. The molecule has 4 aromatic rings. The first-order valence-electron chi connectivity index (χ1n) is 7.84. The molecule has 0 bridgehead atoms. The average Bonchev–Trinajstić information content (AvgIpc) is 3.11. The summed E-state index contributed by atoms with van der Waals surface area (Å²) < 4.78 is 1.64. The molecule has 6 nitrogen and oxygen atoms in total. The maximum atomic E-state index is 12.6. The zero-order chi connectivity index (χ0) is 18.1. The number of carbonyl (C=O) groups is 1. The first kappa shape index (κ1) is 15.5. The van der Waals surface area contributed by atoms with Crippen molar-refractivity contribution in [1.29, 1.82) is 5.26 Å². The van der Waals surface area contributed by atoms with Gasteiger partial charge in [0.1, 0.15) is 5.75 Å². The minimum atomic E-state index is -0.302. The summed E-state index contributed by atoms with van der Waals surface area (Å²) in [5, 5.41) is 23.8. The largest absolute Gasteiger partial charge is 0.507 e. The Bertz CT molecular complexity index is 1170. The highest BCUT2D eigenvalue weighted by Gasteiger charge is 2.15. The Kier molecular flexibility index (Phi) is 3.67. The molecular formula is C20H12N4O2. The SMILES string of the molecule is N#Cc1ccc(-n2ncc3cc(C(=O)c4ccccc4O)cnc32)cc1. The van der Waals surface area contributed by atoms with Crippen LogP contribution in [0.15, 0.2) is 67.0 Å². The Morgan fingerprint density at radius 1 is 1.08 bits per heavy atom. The van der Waals surface area contributed by atoms with Crippen LogP contribution < -0.4 is 0 Å². The first-order valence-corrected chi connectivity index (χ1v) is 7.84. The minimum Gasteiger partial charge on any atom is -0.507 e. The molecule has 0 unspecified atom stereocenters. The number of para-hydroxylation sites is 1. The molecule has 4 rings (SSSR count). The van der Waals surface area contributed by atoms with Gasteiger partial charge in [-0.1, -0.05) is 12.1 Å². The van der Waals surface area contributed by atoms with E-state index in [-0.39, 0.29) is 17.1 Å². The lowest BCUT2D eigenvalue weighted by atomic mass is 10.0. The number of phenolic OH excluding ortho intramolecular Hbond substituents is 1. The highest BCUT2D eigenvalue weighted by atomic mass is 16.3. The lowest BCUT2D eigenvalue weighted by Gasteiger charge is -2.05. The number of hydrogen-bond donors (Lipinski definition) is 1. The van der Waals surface area contributed by atoms with Gasteiger partial charge in [0.05, 0.1) is 29.1 Å². The topological polar surface area (TPSA) is 91.8 Å². The van der Waals surface area contributed by atoms with Crippen molar-refractivity contribution in [2.24, 2.45) is 0 Å². The van der Waals surface area contributed by atoms with Crippen molar-refractivity contribution >= 4 is 16.8 Å². The van der Waals surface area contributed by atoms with Gasteiger partial charge in [-0.15, -0.1) is 0 Å². The van der Waals surface area contributed by atoms with Gasteiger partial charge in [-0.05, 0) is 42.5 Å². The summed E-state index contributed by atoms with van der Waals surface area (Å²) in [4.78, 5) is 17.0. The maximum Gasteiger partial charge on any atom is 0.198 e. The normalized spacial score (nSPS) is 10.6. The van der Waals surface area contributed by atoms with E-state index in [9.17, 15) is 9.90 Å². The molecule has 0 atom stereocenters. The second-order valence-electron chi connectivity index (χ2n) is 5.70. The number of hydrogen-bond acceptors (Lipinski definition) is 5. The standard InChI is InChI=1S/C20H12N4O2/c21-10-13-5-7-16(8-6-13)24-20-15(12-23-24)9-14(11-22-20)19(26)17-3-1-2-4-18(17)25/h1-9,11-12,25H. The van der Waals surface area contributed by atoms with Crippen LogP contribution >= 0.6 is 0 Å². The van der Waals surface area contributed by atoms with E-state index in [2.05, 4.69) is 16.2 Å². The number of aromatic hydroxyl groups is 1. The lowest BCUT2D eigenvalue weighted by Crippen LogP contribution is -2.03. The Hall–Kier alpha value is -3.98. The van der Waals surface area contributed by atoms with Gasteiger partial charge < -0.3 is 5.11 Å². The highest BCUT2D eigenvalue weighted by Crippen LogP contribution is 2.22. The van der Waals surface area contributed by atoms with Crippen LogP contribution in [0.1, 0.15) is 21.5 Å². The molecule has 6 heteroatoms. The van der Waals surface area contributed by atoms with Crippen molar-refractivity contribution in [3.63, 3.8) is 0 Å². The van der Waals surface area contributed by atoms with Crippen molar-refractivity contribution < 1.29 is 9.90 Å². The number of fused-ring (bicyclic) bond motifs is 1. The third kappa shape index (κ3) is 2.58. The lowest BCUT2D eigenvalue weighted by molar-refractivity contribution is 0.103. The van der Waals surface area contributed by atoms with Crippen LogP contribution in [0, 0.1) is 11.3 Å². The molecular weight excluding hydrogens is 328 g/mol. The predicted molar refractivity (Wildman–Crippen MR) is 95.1 cm³/mol. The summed E-state index contributed by atoms with van der Waals surface area (Å²) in [7, 11) is 0. The van der Waals surface area contributed by atoms with E-state index in [0.29, 0.717) is 22.2 Å². The molecule has 0 saturated carbocycles. The van der Waals surface area contributed by atoms with Gasteiger partial charge in [-0.2, -0.15) is 10.4 Å². The molecule has 0 amide bonds. The Labute approximate surface area is 148 Å². The average molecular weight is 340 g/mol. The molecule has 2 aromatic heterocycles. The Morgan fingerprint density at radius 3 is 2.58 bits per heavy atom. The van der Waals surface area contributed by atoms with E-state index >= 15 is 0 Å². The summed E-state index contributed by atoms with van der Waals surface area (Å²) in [6.07, 6.45) is 3.10. The van der Waals surface area contributed by atoms with Crippen LogP contribution in [0.2, 0.25) is 0 Å². The predicted octanol–water partition coefficient (Wildman–Crippen LogP) is 3.23. The second-order valence-corrected chi connectivity index (χ2v) is 5.70. The third-order valence-electron chi connectivity index (χ3n) is 4.06. The first-order chi connectivity index (χ1) is 12.7. The van der Waals surface area contributed by atoms with E-state index in [0.717, 1.165) is 5.69 Å².